The Morgan fingerprint density at radius 2 is 0.836 bits per heavy atom. The van der Waals surface area contributed by atoms with Crippen LogP contribution in [0, 0.1) is 0 Å². The van der Waals surface area contributed by atoms with Gasteiger partial charge in [0.15, 0.2) is 8.07 Å². The summed E-state index contributed by atoms with van der Waals surface area (Å²) < 4.78 is 2.62. The molecule has 0 amide bonds. The first-order valence-electron chi connectivity index (χ1n) is 18.8. The van der Waals surface area contributed by atoms with Crippen LogP contribution in [0.25, 0.3) is 42.1 Å². The molecular weight excluding hydrogens is 699 g/mol. The summed E-state index contributed by atoms with van der Waals surface area (Å²) in [7, 11) is -2.67. The summed E-state index contributed by atoms with van der Waals surface area (Å²) in [5, 5.41) is 10.6. The van der Waals surface area contributed by atoms with Crippen molar-refractivity contribution in [2.45, 2.75) is 0 Å². The summed E-state index contributed by atoms with van der Waals surface area (Å²) in [4.78, 5) is 2.46. The highest BCUT2D eigenvalue weighted by Crippen LogP contribution is 2.46. The fourth-order valence-corrected chi connectivity index (χ4v) is 14.5. The number of benzene rings is 9. The van der Waals surface area contributed by atoms with Gasteiger partial charge >= 0.3 is 0 Å². The van der Waals surface area contributed by atoms with E-state index in [1.807, 2.05) is 11.3 Å². The van der Waals surface area contributed by atoms with Crippen LogP contribution in [0.2, 0.25) is 0 Å². The molecule has 10 aromatic rings. The predicted octanol–water partition coefficient (Wildman–Crippen LogP) is 11.7. The Morgan fingerprint density at radius 3 is 1.44 bits per heavy atom. The Kier molecular flexibility index (Phi) is 8.44. The van der Waals surface area contributed by atoms with Gasteiger partial charge in [0.1, 0.15) is 0 Å². The summed E-state index contributed by atoms with van der Waals surface area (Å²) in [6, 6.07) is 82.8. The third-order valence-corrected chi connectivity index (χ3v) is 17.0. The van der Waals surface area contributed by atoms with Crippen LogP contribution >= 0.6 is 11.3 Å². The Morgan fingerprint density at radius 1 is 0.345 bits per heavy atom. The van der Waals surface area contributed by atoms with Gasteiger partial charge in [0, 0.05) is 31.5 Å². The van der Waals surface area contributed by atoms with E-state index in [1.165, 1.54) is 68.5 Å². The molecular formula is C52H37NSSi. The van der Waals surface area contributed by atoms with Crippen molar-refractivity contribution < 1.29 is 0 Å². The van der Waals surface area contributed by atoms with Gasteiger partial charge in [-0.1, -0.05) is 188 Å². The first-order valence-corrected chi connectivity index (χ1v) is 21.7. The highest BCUT2D eigenvalue weighted by Gasteiger charge is 2.41. The molecule has 0 N–H and O–H groups in total. The lowest BCUT2D eigenvalue weighted by Gasteiger charge is -2.35. The van der Waals surface area contributed by atoms with Crippen molar-refractivity contribution in [2.75, 3.05) is 4.90 Å². The van der Waals surface area contributed by atoms with Crippen molar-refractivity contribution >= 4 is 88.2 Å². The molecule has 0 aliphatic rings. The number of hydrogen-bond donors (Lipinski definition) is 0. The van der Waals surface area contributed by atoms with Crippen molar-refractivity contribution in [1.29, 1.82) is 0 Å². The van der Waals surface area contributed by atoms with E-state index in [2.05, 4.69) is 229 Å². The quantitative estimate of drug-likeness (QED) is 0.111. The number of anilines is 3. The predicted molar refractivity (Wildman–Crippen MR) is 241 cm³/mol. The molecule has 1 heterocycles. The molecule has 0 aliphatic carbocycles. The van der Waals surface area contributed by atoms with Crippen LogP contribution in [0.4, 0.5) is 17.1 Å². The van der Waals surface area contributed by atoms with Gasteiger partial charge in [0.25, 0.3) is 0 Å². The molecule has 0 saturated carbocycles. The Bertz CT molecular complexity index is 2790. The van der Waals surface area contributed by atoms with E-state index in [0.29, 0.717) is 0 Å². The number of thiophene rings is 1. The van der Waals surface area contributed by atoms with Crippen molar-refractivity contribution in [3.63, 3.8) is 0 Å². The van der Waals surface area contributed by atoms with Crippen LogP contribution in [-0.4, -0.2) is 8.07 Å². The van der Waals surface area contributed by atoms with E-state index in [0.717, 1.165) is 11.4 Å². The van der Waals surface area contributed by atoms with Gasteiger partial charge in [-0.3, -0.25) is 0 Å². The molecule has 0 radical (unpaired) electrons. The molecule has 0 aliphatic heterocycles. The van der Waals surface area contributed by atoms with Gasteiger partial charge in [-0.05, 0) is 79.0 Å². The van der Waals surface area contributed by atoms with Gasteiger partial charge in [0.2, 0.25) is 0 Å². The average Bonchev–Trinajstić information content (AvgIpc) is 3.67. The molecule has 1 aromatic heterocycles. The van der Waals surface area contributed by atoms with E-state index in [9.17, 15) is 0 Å². The zero-order valence-corrected chi connectivity index (χ0v) is 32.0. The van der Waals surface area contributed by atoms with Crippen molar-refractivity contribution in [2.24, 2.45) is 0 Å². The van der Waals surface area contributed by atoms with Crippen molar-refractivity contribution in [3.05, 3.63) is 224 Å². The molecule has 0 fully saturated rings. The van der Waals surface area contributed by atoms with Crippen LogP contribution in [-0.2, 0) is 0 Å². The van der Waals surface area contributed by atoms with Crippen LogP contribution in [0.5, 0.6) is 0 Å². The molecule has 1 nitrogen and oxygen atoms in total. The lowest BCUT2D eigenvalue weighted by Crippen LogP contribution is -2.74. The zero-order chi connectivity index (χ0) is 36.6. The fraction of sp³-hybridized carbons (Fsp3) is 0. The minimum Gasteiger partial charge on any atom is -0.310 e. The summed E-state index contributed by atoms with van der Waals surface area (Å²) in [5.41, 5.74) is 5.84. The lowest BCUT2D eigenvalue weighted by atomic mass is 10.0. The van der Waals surface area contributed by atoms with E-state index >= 15 is 0 Å². The molecule has 55 heavy (non-hydrogen) atoms. The first kappa shape index (κ1) is 33.1. The van der Waals surface area contributed by atoms with E-state index in [1.54, 1.807) is 0 Å². The third kappa shape index (κ3) is 5.68. The molecule has 0 spiro atoms. The van der Waals surface area contributed by atoms with Crippen molar-refractivity contribution in [3.8, 4) is 11.1 Å². The molecule has 0 saturated heterocycles. The molecule has 3 heteroatoms. The number of fused-ring (bicyclic) bond motifs is 5. The van der Waals surface area contributed by atoms with Gasteiger partial charge < -0.3 is 4.90 Å². The van der Waals surface area contributed by atoms with Crippen LogP contribution in [0.15, 0.2) is 224 Å². The molecule has 0 bridgehead atoms. The molecule has 0 unspecified atom stereocenters. The van der Waals surface area contributed by atoms with Gasteiger partial charge in [-0.25, -0.2) is 0 Å². The summed E-state index contributed by atoms with van der Waals surface area (Å²) in [6.07, 6.45) is 0. The minimum atomic E-state index is -2.67. The molecule has 10 rings (SSSR count). The van der Waals surface area contributed by atoms with Gasteiger partial charge in [0.05, 0.1) is 5.69 Å². The Balaban J connectivity index is 1.19. The maximum atomic E-state index is 2.46. The number of hydrogen-bond acceptors (Lipinski definition) is 2. The molecule has 9 aromatic carbocycles. The van der Waals surface area contributed by atoms with Crippen LogP contribution in [0.3, 0.4) is 0 Å². The fourth-order valence-electron chi connectivity index (χ4n) is 8.51. The van der Waals surface area contributed by atoms with Gasteiger partial charge in [-0.15, -0.1) is 11.3 Å². The SMILES string of the molecule is c1ccc(-c2ccc(N(c3ccc([Si](c4ccccc4)(c4ccccc4)c4ccccc4)cc3)c3cccc4sc5c6ccccc6ccc5c34)cc2)cc1. The normalized spacial score (nSPS) is 11.6. The second kappa shape index (κ2) is 14.0. The van der Waals surface area contributed by atoms with E-state index in [-0.39, 0.29) is 0 Å². The second-order valence-electron chi connectivity index (χ2n) is 14.1. The monoisotopic (exact) mass is 735 g/mol. The smallest absolute Gasteiger partial charge is 0.179 e. The van der Waals surface area contributed by atoms with Crippen LogP contribution < -0.4 is 25.6 Å². The highest BCUT2D eigenvalue weighted by molar-refractivity contribution is 7.26. The summed E-state index contributed by atoms with van der Waals surface area (Å²) in [6.45, 7) is 0. The molecule has 0 atom stereocenters. The standard InChI is InChI=1S/C52H37NSSi/c1-5-16-38(17-6-1)39-28-31-41(32-29-39)53(49-26-15-27-50-51(49)48-37-30-40-18-13-14-25-47(40)52(48)54-50)42-33-35-46(36-34-42)55(43-19-7-2-8-20-43,44-21-9-3-10-22-44)45-23-11-4-12-24-45/h1-37H. The second-order valence-corrected chi connectivity index (χ2v) is 18.9. The van der Waals surface area contributed by atoms with Gasteiger partial charge in [-0.2, -0.15) is 0 Å². The van der Waals surface area contributed by atoms with Crippen molar-refractivity contribution in [1.82, 2.24) is 0 Å². The maximum Gasteiger partial charge on any atom is 0.179 e. The number of rotatable bonds is 8. The maximum absolute atomic E-state index is 2.67. The van der Waals surface area contributed by atoms with E-state index < -0.39 is 8.07 Å². The largest absolute Gasteiger partial charge is 0.310 e. The first-order chi connectivity index (χ1) is 27.3. The Labute approximate surface area is 327 Å². The third-order valence-electron chi connectivity index (χ3n) is 11.0. The number of nitrogens with zero attached hydrogens (tertiary/aromatic N) is 1. The van der Waals surface area contributed by atoms with Crippen LogP contribution in [0.1, 0.15) is 0 Å². The lowest BCUT2D eigenvalue weighted by molar-refractivity contribution is 1.30. The Hall–Kier alpha value is -6.52. The summed E-state index contributed by atoms with van der Waals surface area (Å²) >= 11 is 1.89. The summed E-state index contributed by atoms with van der Waals surface area (Å²) in [5.74, 6) is 0. The zero-order valence-electron chi connectivity index (χ0n) is 30.2. The minimum absolute atomic E-state index is 1.12. The molecule has 260 valence electrons. The average molecular weight is 736 g/mol. The van der Waals surface area contributed by atoms with E-state index in [4.69, 9.17) is 0 Å². The topological polar surface area (TPSA) is 3.24 Å². The highest BCUT2D eigenvalue weighted by atomic mass is 32.1.